The largest absolute Gasteiger partial charge is 0.496 e. The van der Waals surface area contributed by atoms with Crippen LogP contribution in [0, 0.1) is 0 Å². The third-order valence-electron chi connectivity index (χ3n) is 2.25. The van der Waals surface area contributed by atoms with Crippen LogP contribution in [0.1, 0.15) is 30.9 Å². The van der Waals surface area contributed by atoms with Gasteiger partial charge in [-0.2, -0.15) is 0 Å². The summed E-state index contributed by atoms with van der Waals surface area (Å²) in [5.41, 5.74) is 2.12. The first-order valence-electron chi connectivity index (χ1n) is 4.89. The van der Waals surface area contributed by atoms with E-state index in [-0.39, 0.29) is 0 Å². The molecule has 0 spiro atoms. The number of aliphatic imine (C=N–C) groups is 1. The predicted molar refractivity (Wildman–Crippen MR) is 58.9 cm³/mol. The van der Waals surface area contributed by atoms with Crippen LogP contribution in [-0.4, -0.2) is 13.2 Å². The Morgan fingerprint density at radius 2 is 2.20 bits per heavy atom. The molecule has 0 aromatic heterocycles. The molecule has 0 amide bonds. The van der Waals surface area contributed by atoms with E-state index in [0.717, 1.165) is 16.9 Å². The van der Waals surface area contributed by atoms with Crippen LogP contribution >= 0.6 is 0 Å². The van der Waals surface area contributed by atoms with E-state index < -0.39 is 0 Å². The highest BCUT2D eigenvalue weighted by molar-refractivity contribution is 5.40. The molecule has 0 fully saturated rings. The van der Waals surface area contributed by atoms with Crippen molar-refractivity contribution in [3.8, 4) is 5.75 Å². The molecule has 0 heterocycles. The highest BCUT2D eigenvalue weighted by atomic mass is 16.5. The molecule has 3 heteroatoms. The smallest absolute Gasteiger partial charge is 0.235 e. The standard InChI is InChI=1S/C12H15NO2/c1-9(2)11-5-4-10(7-13-8-14)6-12(11)15-3/h4-6,9H,7H2,1-3H3. The molecule has 0 aliphatic carbocycles. The summed E-state index contributed by atoms with van der Waals surface area (Å²) in [6, 6.07) is 5.88. The van der Waals surface area contributed by atoms with E-state index in [1.807, 2.05) is 18.2 Å². The quantitative estimate of drug-likeness (QED) is 0.560. The second-order valence-corrected chi connectivity index (χ2v) is 3.64. The fourth-order valence-corrected chi connectivity index (χ4v) is 1.45. The number of hydrogen-bond acceptors (Lipinski definition) is 3. The van der Waals surface area contributed by atoms with E-state index in [2.05, 4.69) is 18.8 Å². The van der Waals surface area contributed by atoms with Crippen LogP contribution in [0.2, 0.25) is 0 Å². The van der Waals surface area contributed by atoms with Gasteiger partial charge in [0.1, 0.15) is 5.75 Å². The predicted octanol–water partition coefficient (Wildman–Crippen LogP) is 2.65. The molecule has 15 heavy (non-hydrogen) atoms. The molecular formula is C12H15NO2. The molecule has 0 radical (unpaired) electrons. The third-order valence-corrected chi connectivity index (χ3v) is 2.25. The van der Waals surface area contributed by atoms with Gasteiger partial charge in [0.25, 0.3) is 0 Å². The lowest BCUT2D eigenvalue weighted by molar-refractivity contribution is 0.407. The Labute approximate surface area is 89.8 Å². The van der Waals surface area contributed by atoms with Gasteiger partial charge < -0.3 is 4.74 Å². The number of benzene rings is 1. The lowest BCUT2D eigenvalue weighted by Gasteiger charge is -2.12. The second kappa shape index (κ2) is 5.32. The lowest BCUT2D eigenvalue weighted by atomic mass is 10.0. The number of isocyanates is 1. The maximum Gasteiger partial charge on any atom is 0.235 e. The van der Waals surface area contributed by atoms with Crippen LogP contribution in [0.5, 0.6) is 5.75 Å². The van der Waals surface area contributed by atoms with E-state index in [4.69, 9.17) is 4.74 Å². The van der Waals surface area contributed by atoms with Crippen molar-refractivity contribution in [2.45, 2.75) is 26.3 Å². The van der Waals surface area contributed by atoms with E-state index in [1.54, 1.807) is 7.11 Å². The van der Waals surface area contributed by atoms with Crippen LogP contribution in [-0.2, 0) is 11.3 Å². The average Bonchev–Trinajstić information content (AvgIpc) is 2.25. The lowest BCUT2D eigenvalue weighted by Crippen LogP contribution is -1.95. The summed E-state index contributed by atoms with van der Waals surface area (Å²) in [4.78, 5) is 13.5. The molecule has 0 aliphatic rings. The van der Waals surface area contributed by atoms with Gasteiger partial charge in [0, 0.05) is 0 Å². The number of methoxy groups -OCH3 is 1. The summed E-state index contributed by atoms with van der Waals surface area (Å²) in [6.07, 6.45) is 1.53. The van der Waals surface area contributed by atoms with Gasteiger partial charge in [0.05, 0.1) is 13.7 Å². The highest BCUT2D eigenvalue weighted by Gasteiger charge is 2.07. The van der Waals surface area contributed by atoms with Crippen molar-refractivity contribution in [3.05, 3.63) is 29.3 Å². The minimum atomic E-state index is 0.359. The van der Waals surface area contributed by atoms with Crippen LogP contribution in [0.15, 0.2) is 23.2 Å². The van der Waals surface area contributed by atoms with Gasteiger partial charge in [-0.05, 0) is 23.1 Å². The summed E-state index contributed by atoms with van der Waals surface area (Å²) >= 11 is 0. The fraction of sp³-hybridized carbons (Fsp3) is 0.417. The second-order valence-electron chi connectivity index (χ2n) is 3.64. The first-order chi connectivity index (χ1) is 7.19. The van der Waals surface area contributed by atoms with Gasteiger partial charge in [-0.15, -0.1) is 0 Å². The summed E-state index contributed by atoms with van der Waals surface area (Å²) in [7, 11) is 1.65. The molecule has 0 unspecified atom stereocenters. The van der Waals surface area contributed by atoms with E-state index in [0.29, 0.717) is 12.5 Å². The molecule has 1 rings (SSSR count). The van der Waals surface area contributed by atoms with Gasteiger partial charge in [0.15, 0.2) is 0 Å². The molecule has 0 aliphatic heterocycles. The zero-order valence-corrected chi connectivity index (χ0v) is 9.28. The van der Waals surface area contributed by atoms with Gasteiger partial charge in [-0.3, -0.25) is 0 Å². The number of rotatable bonds is 4. The zero-order valence-electron chi connectivity index (χ0n) is 9.28. The monoisotopic (exact) mass is 205 g/mol. The summed E-state index contributed by atoms with van der Waals surface area (Å²) in [5.74, 6) is 1.27. The minimum absolute atomic E-state index is 0.359. The molecule has 80 valence electrons. The molecule has 0 bridgehead atoms. The maximum absolute atomic E-state index is 9.98. The summed E-state index contributed by atoms with van der Waals surface area (Å²) < 4.78 is 5.29. The van der Waals surface area contributed by atoms with Crippen LogP contribution in [0.4, 0.5) is 0 Å². The van der Waals surface area contributed by atoms with Crippen molar-refractivity contribution in [3.63, 3.8) is 0 Å². The number of nitrogens with zero attached hydrogens (tertiary/aromatic N) is 1. The Balaban J connectivity index is 3.01. The Kier molecular flexibility index (Phi) is 4.07. The zero-order chi connectivity index (χ0) is 11.3. The average molecular weight is 205 g/mol. The topological polar surface area (TPSA) is 38.7 Å². The molecule has 1 aromatic carbocycles. The van der Waals surface area contributed by atoms with Crippen molar-refractivity contribution < 1.29 is 9.53 Å². The Morgan fingerprint density at radius 3 is 2.73 bits per heavy atom. The van der Waals surface area contributed by atoms with E-state index >= 15 is 0 Å². The molecule has 3 nitrogen and oxygen atoms in total. The van der Waals surface area contributed by atoms with Crippen molar-refractivity contribution >= 4 is 6.08 Å². The first-order valence-corrected chi connectivity index (χ1v) is 4.89. The normalized spacial score (nSPS) is 9.87. The van der Waals surface area contributed by atoms with E-state index in [9.17, 15) is 4.79 Å². The van der Waals surface area contributed by atoms with Crippen molar-refractivity contribution in [2.75, 3.05) is 7.11 Å². The maximum atomic E-state index is 9.98. The number of hydrogen-bond donors (Lipinski definition) is 0. The third kappa shape index (κ3) is 2.93. The van der Waals surface area contributed by atoms with Gasteiger partial charge >= 0.3 is 0 Å². The number of carbonyl (C=O) groups excluding carboxylic acids is 1. The van der Waals surface area contributed by atoms with Crippen molar-refractivity contribution in [1.29, 1.82) is 0 Å². The van der Waals surface area contributed by atoms with Gasteiger partial charge in [-0.1, -0.05) is 26.0 Å². The van der Waals surface area contributed by atoms with Crippen molar-refractivity contribution in [2.24, 2.45) is 4.99 Å². The summed E-state index contributed by atoms with van der Waals surface area (Å²) in [5, 5.41) is 0. The van der Waals surface area contributed by atoms with Gasteiger partial charge in [-0.25, -0.2) is 9.79 Å². The first kappa shape index (κ1) is 11.5. The summed E-state index contributed by atoms with van der Waals surface area (Å²) in [6.45, 7) is 4.58. The SMILES string of the molecule is COc1cc(CN=C=O)ccc1C(C)C. The molecule has 1 aromatic rings. The van der Waals surface area contributed by atoms with Crippen LogP contribution in [0.25, 0.3) is 0 Å². The highest BCUT2D eigenvalue weighted by Crippen LogP contribution is 2.27. The van der Waals surface area contributed by atoms with E-state index in [1.165, 1.54) is 6.08 Å². The van der Waals surface area contributed by atoms with Crippen LogP contribution in [0.3, 0.4) is 0 Å². The Bertz CT molecular complexity index is 379. The molecule has 0 atom stereocenters. The molecule has 0 N–H and O–H groups in total. The molecular weight excluding hydrogens is 190 g/mol. The fourth-order valence-electron chi connectivity index (χ4n) is 1.45. The molecule has 0 saturated carbocycles. The molecule has 0 saturated heterocycles. The van der Waals surface area contributed by atoms with Gasteiger partial charge in [0.2, 0.25) is 6.08 Å². The Hall–Kier alpha value is -1.60. The minimum Gasteiger partial charge on any atom is -0.496 e. The van der Waals surface area contributed by atoms with Crippen molar-refractivity contribution in [1.82, 2.24) is 0 Å². The number of ether oxygens (including phenoxy) is 1. The Morgan fingerprint density at radius 1 is 1.47 bits per heavy atom. The van der Waals surface area contributed by atoms with Crippen LogP contribution < -0.4 is 4.74 Å².